The number of rotatable bonds is 4. The largest absolute Gasteiger partial charge is 0.314 e. The molecule has 2 rings (SSSR count). The fraction of sp³-hybridized carbons (Fsp3) is 0.600. The lowest BCUT2D eigenvalue weighted by Crippen LogP contribution is -2.45. The predicted molar refractivity (Wildman–Crippen MR) is 78.0 cm³/mol. The number of benzene rings is 1. The van der Waals surface area contributed by atoms with Gasteiger partial charge in [-0.2, -0.15) is 0 Å². The van der Waals surface area contributed by atoms with Crippen LogP contribution in [0.3, 0.4) is 0 Å². The third-order valence-corrected chi connectivity index (χ3v) is 3.84. The minimum atomic E-state index is -0.145. The topological polar surface area (TPSA) is 15.3 Å². The van der Waals surface area contributed by atoms with Crippen molar-refractivity contribution in [3.05, 3.63) is 34.6 Å². The van der Waals surface area contributed by atoms with Crippen LogP contribution in [-0.2, 0) is 0 Å². The van der Waals surface area contributed by atoms with Gasteiger partial charge < -0.3 is 5.32 Å². The van der Waals surface area contributed by atoms with Crippen LogP contribution in [0.25, 0.3) is 0 Å². The molecule has 0 unspecified atom stereocenters. The molecule has 1 N–H and O–H groups in total. The standard InChI is InChI=1S/C15H22ClFN2/c1-11(2)9-15(19-7-5-18-6-8-19)13-10-12(16)3-4-14(13)17/h3-4,10-11,15,18H,5-9H2,1-2H3/t15-/m0/s1. The Morgan fingerprint density at radius 2 is 2.00 bits per heavy atom. The monoisotopic (exact) mass is 284 g/mol. The summed E-state index contributed by atoms with van der Waals surface area (Å²) in [5.41, 5.74) is 0.739. The molecule has 4 heteroatoms. The molecule has 1 aliphatic heterocycles. The Hall–Kier alpha value is -0.640. The zero-order valence-corrected chi connectivity index (χ0v) is 12.4. The molecule has 0 aliphatic carbocycles. The highest BCUT2D eigenvalue weighted by atomic mass is 35.5. The molecule has 106 valence electrons. The van der Waals surface area contributed by atoms with Crippen LogP contribution in [0.2, 0.25) is 5.02 Å². The fourth-order valence-electron chi connectivity index (χ4n) is 2.68. The smallest absolute Gasteiger partial charge is 0.128 e. The first-order valence-electron chi connectivity index (χ1n) is 6.97. The van der Waals surface area contributed by atoms with E-state index in [1.54, 1.807) is 12.1 Å². The molecule has 0 radical (unpaired) electrons. The summed E-state index contributed by atoms with van der Waals surface area (Å²) in [4.78, 5) is 2.37. The lowest BCUT2D eigenvalue weighted by atomic mass is 9.94. The van der Waals surface area contributed by atoms with E-state index in [4.69, 9.17) is 11.6 Å². The van der Waals surface area contributed by atoms with Gasteiger partial charge in [-0.05, 0) is 30.5 Å². The summed E-state index contributed by atoms with van der Waals surface area (Å²) in [6, 6.07) is 5.00. The van der Waals surface area contributed by atoms with Gasteiger partial charge in [0.05, 0.1) is 0 Å². The second-order valence-corrected chi connectivity index (χ2v) is 6.03. The van der Waals surface area contributed by atoms with Gasteiger partial charge in [-0.1, -0.05) is 25.4 Å². The van der Waals surface area contributed by atoms with Crippen LogP contribution >= 0.6 is 11.6 Å². The van der Waals surface area contributed by atoms with E-state index >= 15 is 0 Å². The molecule has 0 amide bonds. The molecule has 1 saturated heterocycles. The Labute approximate surface area is 119 Å². The Morgan fingerprint density at radius 3 is 2.63 bits per heavy atom. The minimum absolute atomic E-state index is 0.126. The molecule has 1 aromatic carbocycles. The van der Waals surface area contributed by atoms with Crippen molar-refractivity contribution in [3.8, 4) is 0 Å². The quantitative estimate of drug-likeness (QED) is 0.911. The van der Waals surface area contributed by atoms with Crippen LogP contribution in [0.4, 0.5) is 4.39 Å². The van der Waals surface area contributed by atoms with Crippen molar-refractivity contribution in [2.24, 2.45) is 5.92 Å². The Morgan fingerprint density at radius 1 is 1.32 bits per heavy atom. The second kappa shape index (κ2) is 6.69. The van der Waals surface area contributed by atoms with Gasteiger partial charge >= 0.3 is 0 Å². The Bertz CT molecular complexity index is 417. The van der Waals surface area contributed by atoms with Gasteiger partial charge in [0.25, 0.3) is 0 Å². The normalized spacial score (nSPS) is 18.8. The number of halogens is 2. The van der Waals surface area contributed by atoms with Crippen molar-refractivity contribution in [1.29, 1.82) is 0 Å². The second-order valence-electron chi connectivity index (χ2n) is 5.60. The first kappa shape index (κ1) is 14.8. The third-order valence-electron chi connectivity index (χ3n) is 3.60. The van der Waals surface area contributed by atoms with Crippen LogP contribution in [0, 0.1) is 11.7 Å². The van der Waals surface area contributed by atoms with Crippen LogP contribution in [-0.4, -0.2) is 31.1 Å². The van der Waals surface area contributed by atoms with Crippen molar-refractivity contribution in [3.63, 3.8) is 0 Å². The Kier molecular flexibility index (Phi) is 5.20. The fourth-order valence-corrected chi connectivity index (χ4v) is 2.86. The maximum atomic E-state index is 14.1. The van der Waals surface area contributed by atoms with Gasteiger partial charge in [-0.25, -0.2) is 4.39 Å². The zero-order chi connectivity index (χ0) is 13.8. The van der Waals surface area contributed by atoms with E-state index in [-0.39, 0.29) is 11.9 Å². The molecule has 0 bridgehead atoms. The lowest BCUT2D eigenvalue weighted by molar-refractivity contribution is 0.151. The highest BCUT2D eigenvalue weighted by molar-refractivity contribution is 6.30. The number of piperazine rings is 1. The van der Waals surface area contributed by atoms with Crippen LogP contribution in [0.15, 0.2) is 18.2 Å². The molecule has 2 nitrogen and oxygen atoms in total. The van der Waals surface area contributed by atoms with Gasteiger partial charge in [0, 0.05) is 42.8 Å². The average Bonchev–Trinajstić information content (AvgIpc) is 2.40. The predicted octanol–water partition coefficient (Wildman–Crippen LogP) is 3.47. The molecule has 1 atom stereocenters. The highest BCUT2D eigenvalue weighted by Crippen LogP contribution is 2.31. The molecule has 0 aromatic heterocycles. The lowest BCUT2D eigenvalue weighted by Gasteiger charge is -2.36. The van der Waals surface area contributed by atoms with Crippen LogP contribution in [0.1, 0.15) is 31.9 Å². The highest BCUT2D eigenvalue weighted by Gasteiger charge is 2.25. The van der Waals surface area contributed by atoms with E-state index in [1.165, 1.54) is 6.07 Å². The first-order chi connectivity index (χ1) is 9.08. The number of hydrogen-bond acceptors (Lipinski definition) is 2. The summed E-state index contributed by atoms with van der Waals surface area (Å²) >= 11 is 6.04. The van der Waals surface area contributed by atoms with Gasteiger partial charge in [-0.3, -0.25) is 4.90 Å². The summed E-state index contributed by atoms with van der Waals surface area (Å²) in [7, 11) is 0. The van der Waals surface area contributed by atoms with E-state index in [9.17, 15) is 4.39 Å². The summed E-state index contributed by atoms with van der Waals surface area (Å²) in [5.74, 6) is 0.381. The molecule has 1 aliphatic rings. The average molecular weight is 285 g/mol. The summed E-state index contributed by atoms with van der Waals surface area (Å²) in [6.45, 7) is 8.22. The van der Waals surface area contributed by atoms with Gasteiger partial charge in [0.2, 0.25) is 0 Å². The number of hydrogen-bond donors (Lipinski definition) is 1. The molecule has 19 heavy (non-hydrogen) atoms. The SMILES string of the molecule is CC(C)C[C@@H](c1cc(Cl)ccc1F)N1CCNCC1. The zero-order valence-electron chi connectivity index (χ0n) is 11.6. The van der Waals surface area contributed by atoms with E-state index in [0.717, 1.165) is 38.2 Å². The van der Waals surface area contributed by atoms with E-state index in [2.05, 4.69) is 24.1 Å². The maximum absolute atomic E-state index is 14.1. The molecule has 1 aromatic rings. The van der Waals surface area contributed by atoms with Gasteiger partial charge in [0.15, 0.2) is 0 Å². The van der Waals surface area contributed by atoms with Crippen molar-refractivity contribution in [1.82, 2.24) is 10.2 Å². The van der Waals surface area contributed by atoms with E-state index < -0.39 is 0 Å². The summed E-state index contributed by atoms with van der Waals surface area (Å²) in [6.07, 6.45) is 0.956. The number of nitrogens with zero attached hydrogens (tertiary/aromatic N) is 1. The van der Waals surface area contributed by atoms with Gasteiger partial charge in [0.1, 0.15) is 5.82 Å². The molecule has 1 fully saturated rings. The van der Waals surface area contributed by atoms with Crippen molar-refractivity contribution >= 4 is 11.6 Å². The Balaban J connectivity index is 2.27. The molecule has 1 heterocycles. The molecule has 0 spiro atoms. The third kappa shape index (κ3) is 3.91. The molecular formula is C15H22ClFN2. The molecule has 0 saturated carbocycles. The number of nitrogens with one attached hydrogen (secondary N) is 1. The van der Waals surface area contributed by atoms with Crippen LogP contribution in [0.5, 0.6) is 0 Å². The van der Waals surface area contributed by atoms with Crippen molar-refractivity contribution in [2.45, 2.75) is 26.3 Å². The van der Waals surface area contributed by atoms with Crippen LogP contribution < -0.4 is 5.32 Å². The van der Waals surface area contributed by atoms with E-state index in [1.807, 2.05) is 0 Å². The van der Waals surface area contributed by atoms with E-state index in [0.29, 0.717) is 10.9 Å². The van der Waals surface area contributed by atoms with Crippen molar-refractivity contribution < 1.29 is 4.39 Å². The maximum Gasteiger partial charge on any atom is 0.128 e. The molecular weight excluding hydrogens is 263 g/mol. The van der Waals surface area contributed by atoms with Crippen molar-refractivity contribution in [2.75, 3.05) is 26.2 Å². The van der Waals surface area contributed by atoms with Gasteiger partial charge in [-0.15, -0.1) is 0 Å². The first-order valence-corrected chi connectivity index (χ1v) is 7.35. The summed E-state index contributed by atoms with van der Waals surface area (Å²) < 4.78 is 14.1. The minimum Gasteiger partial charge on any atom is -0.314 e. The summed E-state index contributed by atoms with van der Waals surface area (Å²) in [5, 5.41) is 3.95.